The van der Waals surface area contributed by atoms with Gasteiger partial charge in [-0.05, 0) is 30.3 Å². The van der Waals surface area contributed by atoms with Gasteiger partial charge in [0.1, 0.15) is 11.6 Å². The molecular formula is C18H19N3O2. The maximum absolute atomic E-state index is 12.2. The quantitative estimate of drug-likeness (QED) is 0.890. The fourth-order valence-electron chi connectivity index (χ4n) is 2.53. The summed E-state index contributed by atoms with van der Waals surface area (Å²) in [5, 5.41) is 6.13. The van der Waals surface area contributed by atoms with E-state index in [4.69, 9.17) is 4.74 Å². The number of para-hydroxylation sites is 1. The molecule has 2 N–H and O–H groups in total. The summed E-state index contributed by atoms with van der Waals surface area (Å²) in [5.41, 5.74) is 2.67. The first-order chi connectivity index (χ1) is 11.3. The molecular weight excluding hydrogens is 290 g/mol. The number of anilines is 1. The third kappa shape index (κ3) is 3.69. The second-order valence-electron chi connectivity index (χ2n) is 5.27. The molecule has 1 heterocycles. The fraction of sp³-hybridized carbons (Fsp3) is 0.222. The van der Waals surface area contributed by atoms with Crippen molar-refractivity contribution in [3.63, 3.8) is 0 Å². The molecule has 5 heteroatoms. The predicted octanol–water partition coefficient (Wildman–Crippen LogP) is 2.23. The van der Waals surface area contributed by atoms with E-state index in [1.807, 2.05) is 48.5 Å². The number of rotatable bonds is 5. The van der Waals surface area contributed by atoms with Crippen LogP contribution < -0.4 is 15.4 Å². The Morgan fingerprint density at radius 3 is 2.70 bits per heavy atom. The van der Waals surface area contributed by atoms with Crippen molar-refractivity contribution >= 4 is 17.4 Å². The summed E-state index contributed by atoms with van der Waals surface area (Å²) >= 11 is 0. The number of ether oxygens (including phenoxy) is 1. The highest BCUT2D eigenvalue weighted by molar-refractivity contribution is 6.00. The number of nitrogens with zero attached hydrogens (tertiary/aromatic N) is 1. The maximum atomic E-state index is 12.2. The van der Waals surface area contributed by atoms with Crippen molar-refractivity contribution in [1.82, 2.24) is 5.32 Å². The van der Waals surface area contributed by atoms with E-state index in [0.717, 1.165) is 41.5 Å². The van der Waals surface area contributed by atoms with Gasteiger partial charge in [-0.3, -0.25) is 9.79 Å². The highest BCUT2D eigenvalue weighted by Gasteiger charge is 2.10. The Morgan fingerprint density at radius 1 is 1.22 bits per heavy atom. The standard InChI is InChI=1S/C18H19N3O2/c1-23-16-5-3-2-4-14(16)12-17(22)21-15-8-6-13(7-9-15)18-19-10-11-20-18/h2-9H,10-12H2,1H3,(H,19,20)(H,21,22). The summed E-state index contributed by atoms with van der Waals surface area (Å²) in [6.07, 6.45) is 0.278. The van der Waals surface area contributed by atoms with Crippen LogP contribution in [0.2, 0.25) is 0 Å². The lowest BCUT2D eigenvalue weighted by atomic mass is 10.1. The molecule has 0 atom stereocenters. The smallest absolute Gasteiger partial charge is 0.228 e. The first kappa shape index (κ1) is 15.1. The molecule has 0 aromatic heterocycles. The average molecular weight is 309 g/mol. The number of carbonyl (C=O) groups excluding carboxylic acids is 1. The van der Waals surface area contributed by atoms with E-state index in [9.17, 15) is 4.79 Å². The predicted molar refractivity (Wildman–Crippen MR) is 91.2 cm³/mol. The number of amidine groups is 1. The molecule has 0 fully saturated rings. The minimum atomic E-state index is -0.0708. The third-order valence-corrected chi connectivity index (χ3v) is 3.66. The molecule has 118 valence electrons. The van der Waals surface area contributed by atoms with Crippen LogP contribution in [0.3, 0.4) is 0 Å². The minimum absolute atomic E-state index is 0.0708. The van der Waals surface area contributed by atoms with Gasteiger partial charge in [0.15, 0.2) is 0 Å². The van der Waals surface area contributed by atoms with Gasteiger partial charge in [-0.2, -0.15) is 0 Å². The number of hydrogen-bond acceptors (Lipinski definition) is 4. The largest absolute Gasteiger partial charge is 0.496 e. The van der Waals surface area contributed by atoms with E-state index in [2.05, 4.69) is 15.6 Å². The summed E-state index contributed by atoms with van der Waals surface area (Å²) in [6.45, 7) is 1.69. The van der Waals surface area contributed by atoms with Crippen LogP contribution in [0.4, 0.5) is 5.69 Å². The monoisotopic (exact) mass is 309 g/mol. The summed E-state index contributed by atoms with van der Waals surface area (Å²) in [7, 11) is 1.61. The summed E-state index contributed by atoms with van der Waals surface area (Å²) in [5.74, 6) is 1.57. The molecule has 5 nitrogen and oxygen atoms in total. The van der Waals surface area contributed by atoms with Gasteiger partial charge in [-0.15, -0.1) is 0 Å². The molecule has 0 aliphatic carbocycles. The molecule has 0 bridgehead atoms. The molecule has 2 aromatic rings. The zero-order valence-corrected chi connectivity index (χ0v) is 13.0. The Bertz CT molecular complexity index is 723. The van der Waals surface area contributed by atoms with Gasteiger partial charge >= 0.3 is 0 Å². The van der Waals surface area contributed by atoms with Gasteiger partial charge in [0.05, 0.1) is 20.1 Å². The zero-order chi connectivity index (χ0) is 16.1. The lowest BCUT2D eigenvalue weighted by Crippen LogP contribution is -2.19. The fourth-order valence-corrected chi connectivity index (χ4v) is 2.53. The molecule has 1 aliphatic heterocycles. The highest BCUT2D eigenvalue weighted by atomic mass is 16.5. The molecule has 0 unspecified atom stereocenters. The van der Waals surface area contributed by atoms with Gasteiger partial charge in [0.2, 0.25) is 5.91 Å². The number of benzene rings is 2. The van der Waals surface area contributed by atoms with Crippen LogP contribution in [0.25, 0.3) is 0 Å². The molecule has 0 saturated carbocycles. The van der Waals surface area contributed by atoms with E-state index >= 15 is 0 Å². The molecule has 1 aliphatic rings. The summed E-state index contributed by atoms with van der Waals surface area (Å²) in [6, 6.07) is 15.2. The van der Waals surface area contributed by atoms with Crippen molar-refractivity contribution < 1.29 is 9.53 Å². The Hall–Kier alpha value is -2.82. The molecule has 3 rings (SSSR count). The lowest BCUT2D eigenvalue weighted by Gasteiger charge is -2.09. The third-order valence-electron chi connectivity index (χ3n) is 3.66. The van der Waals surface area contributed by atoms with E-state index in [0.29, 0.717) is 0 Å². The van der Waals surface area contributed by atoms with Crippen molar-refractivity contribution in [2.45, 2.75) is 6.42 Å². The van der Waals surface area contributed by atoms with Crippen LogP contribution in [0.5, 0.6) is 5.75 Å². The second kappa shape index (κ2) is 6.96. The summed E-state index contributed by atoms with van der Waals surface area (Å²) < 4.78 is 5.27. The van der Waals surface area contributed by atoms with Crippen molar-refractivity contribution in [2.75, 3.05) is 25.5 Å². The van der Waals surface area contributed by atoms with Gasteiger partial charge in [-0.25, -0.2) is 0 Å². The van der Waals surface area contributed by atoms with Crippen LogP contribution in [-0.4, -0.2) is 31.9 Å². The van der Waals surface area contributed by atoms with Crippen LogP contribution in [0, 0.1) is 0 Å². The highest BCUT2D eigenvalue weighted by Crippen LogP contribution is 2.18. The number of amides is 1. The molecule has 1 amide bonds. The van der Waals surface area contributed by atoms with Crippen molar-refractivity contribution in [2.24, 2.45) is 4.99 Å². The number of carbonyl (C=O) groups is 1. The molecule has 23 heavy (non-hydrogen) atoms. The van der Waals surface area contributed by atoms with Crippen molar-refractivity contribution in [3.05, 3.63) is 59.7 Å². The Balaban J connectivity index is 1.63. The first-order valence-corrected chi connectivity index (χ1v) is 7.57. The lowest BCUT2D eigenvalue weighted by molar-refractivity contribution is -0.115. The van der Waals surface area contributed by atoms with Crippen LogP contribution in [-0.2, 0) is 11.2 Å². The Kier molecular flexibility index (Phi) is 4.57. The molecule has 0 saturated heterocycles. The van der Waals surface area contributed by atoms with Gasteiger partial charge < -0.3 is 15.4 Å². The maximum Gasteiger partial charge on any atom is 0.228 e. The first-order valence-electron chi connectivity index (χ1n) is 7.57. The minimum Gasteiger partial charge on any atom is -0.496 e. The van der Waals surface area contributed by atoms with E-state index < -0.39 is 0 Å². The van der Waals surface area contributed by atoms with Crippen LogP contribution in [0.15, 0.2) is 53.5 Å². The Labute approximate surface area is 135 Å². The van der Waals surface area contributed by atoms with Gasteiger partial charge in [0.25, 0.3) is 0 Å². The molecule has 0 spiro atoms. The van der Waals surface area contributed by atoms with E-state index in [1.165, 1.54) is 0 Å². The zero-order valence-electron chi connectivity index (χ0n) is 13.0. The second-order valence-corrected chi connectivity index (χ2v) is 5.27. The normalized spacial score (nSPS) is 13.2. The van der Waals surface area contributed by atoms with Crippen molar-refractivity contribution in [1.29, 1.82) is 0 Å². The number of aliphatic imine (C=N–C) groups is 1. The van der Waals surface area contributed by atoms with Gasteiger partial charge in [0, 0.05) is 23.4 Å². The van der Waals surface area contributed by atoms with Crippen molar-refractivity contribution in [3.8, 4) is 5.75 Å². The number of methoxy groups -OCH3 is 1. The van der Waals surface area contributed by atoms with Crippen LogP contribution in [0.1, 0.15) is 11.1 Å². The molecule has 0 radical (unpaired) electrons. The number of hydrogen-bond donors (Lipinski definition) is 2. The topological polar surface area (TPSA) is 62.7 Å². The van der Waals surface area contributed by atoms with E-state index in [-0.39, 0.29) is 12.3 Å². The van der Waals surface area contributed by atoms with Gasteiger partial charge in [-0.1, -0.05) is 18.2 Å². The summed E-state index contributed by atoms with van der Waals surface area (Å²) in [4.78, 5) is 16.6. The SMILES string of the molecule is COc1ccccc1CC(=O)Nc1ccc(C2=NCCN2)cc1. The molecule has 2 aromatic carbocycles. The number of nitrogens with one attached hydrogen (secondary N) is 2. The Morgan fingerprint density at radius 2 is 2.00 bits per heavy atom. The van der Waals surface area contributed by atoms with E-state index in [1.54, 1.807) is 7.11 Å². The average Bonchev–Trinajstić information content (AvgIpc) is 3.10. The van der Waals surface area contributed by atoms with Crippen LogP contribution >= 0.6 is 0 Å².